The predicted octanol–water partition coefficient (Wildman–Crippen LogP) is 5.79. The minimum absolute atomic E-state index is 0.154. The molecule has 3 nitrogen and oxygen atoms in total. The Kier molecular flexibility index (Phi) is 6.56. The monoisotopic (exact) mass is 392 g/mol. The summed E-state index contributed by atoms with van der Waals surface area (Å²) in [4.78, 5) is 25.5. The third-order valence-electron chi connectivity index (χ3n) is 6.35. The van der Waals surface area contributed by atoms with Crippen molar-refractivity contribution in [1.29, 1.82) is 0 Å². The fraction of sp³-hybridized carbons (Fsp3) is 0.462. The maximum atomic E-state index is 12.9. The summed E-state index contributed by atoms with van der Waals surface area (Å²) in [7, 11) is 0. The van der Waals surface area contributed by atoms with Crippen LogP contribution in [0.2, 0.25) is 0 Å². The maximum Gasteiger partial charge on any atom is 0.317 e. The van der Waals surface area contributed by atoms with Gasteiger partial charge in [0.05, 0.1) is 6.61 Å². The number of benzene rings is 1. The number of ketones is 1. The van der Waals surface area contributed by atoms with Gasteiger partial charge in [-0.2, -0.15) is 0 Å². The first-order valence-electron chi connectivity index (χ1n) is 10.6. The van der Waals surface area contributed by atoms with E-state index < -0.39 is 11.9 Å². The lowest BCUT2D eigenvalue weighted by atomic mass is 9.68. The molecule has 3 rings (SSSR count). The van der Waals surface area contributed by atoms with Crippen LogP contribution < -0.4 is 0 Å². The molecule has 0 amide bonds. The third-order valence-corrected chi connectivity index (χ3v) is 6.35. The highest BCUT2D eigenvalue weighted by Gasteiger charge is 2.39. The quantitative estimate of drug-likeness (QED) is 0.362. The number of ether oxygens (including phenoxy) is 1. The molecule has 0 aliphatic heterocycles. The van der Waals surface area contributed by atoms with Crippen LogP contribution in [0.3, 0.4) is 0 Å². The first-order chi connectivity index (χ1) is 13.8. The zero-order valence-electron chi connectivity index (χ0n) is 18.0. The lowest BCUT2D eigenvalue weighted by Gasteiger charge is -2.37. The average molecular weight is 393 g/mol. The summed E-state index contributed by atoms with van der Waals surface area (Å²) in [5.41, 5.74) is 3.59. The van der Waals surface area contributed by atoms with Crippen molar-refractivity contribution in [1.82, 2.24) is 0 Å². The Morgan fingerprint density at radius 2 is 1.97 bits per heavy atom. The van der Waals surface area contributed by atoms with Gasteiger partial charge in [0.25, 0.3) is 0 Å². The normalized spacial score (nSPS) is 26.8. The molecule has 0 saturated heterocycles. The van der Waals surface area contributed by atoms with E-state index in [2.05, 4.69) is 39.0 Å². The van der Waals surface area contributed by atoms with E-state index in [0.717, 1.165) is 24.0 Å². The zero-order chi connectivity index (χ0) is 21.0. The largest absolute Gasteiger partial charge is 0.465 e. The van der Waals surface area contributed by atoms with Crippen LogP contribution in [0.15, 0.2) is 65.8 Å². The Balaban J connectivity index is 1.90. The highest BCUT2D eigenvalue weighted by Crippen LogP contribution is 2.43. The topological polar surface area (TPSA) is 43.4 Å². The van der Waals surface area contributed by atoms with Crippen LogP contribution in [0.5, 0.6) is 0 Å². The summed E-state index contributed by atoms with van der Waals surface area (Å²) >= 11 is 0. The maximum absolute atomic E-state index is 12.9. The molecule has 0 radical (unpaired) electrons. The Morgan fingerprint density at radius 1 is 1.24 bits per heavy atom. The molecule has 2 aliphatic rings. The van der Waals surface area contributed by atoms with Crippen LogP contribution >= 0.6 is 0 Å². The summed E-state index contributed by atoms with van der Waals surface area (Å²) in [5, 5.41) is 0. The Morgan fingerprint density at radius 3 is 2.62 bits per heavy atom. The van der Waals surface area contributed by atoms with Gasteiger partial charge in [-0.1, -0.05) is 68.0 Å². The molecule has 0 fully saturated rings. The summed E-state index contributed by atoms with van der Waals surface area (Å²) in [6.07, 6.45) is 11.3. The van der Waals surface area contributed by atoms with E-state index in [1.165, 1.54) is 5.57 Å². The van der Waals surface area contributed by atoms with E-state index in [1.807, 2.05) is 30.3 Å². The van der Waals surface area contributed by atoms with Crippen LogP contribution in [0, 0.1) is 17.3 Å². The highest BCUT2D eigenvalue weighted by molar-refractivity contribution is 6.07. The standard InChI is InChI=1S/C26H32O3/c1-5-29-25(28)24-21(20-11-7-6-8-12-20)16-19(17-23(24)27)13-14-22-18(2)10-9-15-26(22,3)4/h6-8,10-14,17,21-22,24H,5,9,15-16H2,1-4H3/b14-13+. The van der Waals surface area contributed by atoms with E-state index >= 15 is 0 Å². The van der Waals surface area contributed by atoms with Gasteiger partial charge in [0.2, 0.25) is 0 Å². The van der Waals surface area contributed by atoms with Crippen molar-refractivity contribution >= 4 is 11.8 Å². The average Bonchev–Trinajstić information content (AvgIpc) is 2.67. The molecule has 0 heterocycles. The minimum Gasteiger partial charge on any atom is -0.465 e. The zero-order valence-corrected chi connectivity index (χ0v) is 18.0. The number of rotatable bonds is 5. The van der Waals surface area contributed by atoms with Crippen molar-refractivity contribution < 1.29 is 14.3 Å². The van der Waals surface area contributed by atoms with E-state index in [0.29, 0.717) is 12.3 Å². The first kappa shape index (κ1) is 21.3. The van der Waals surface area contributed by atoms with Crippen molar-refractivity contribution in [2.45, 2.75) is 52.9 Å². The summed E-state index contributed by atoms with van der Waals surface area (Å²) in [6.45, 7) is 8.86. The molecule has 1 aromatic rings. The minimum atomic E-state index is -0.762. The van der Waals surface area contributed by atoms with Gasteiger partial charge in [0.1, 0.15) is 5.92 Å². The second-order valence-electron chi connectivity index (χ2n) is 8.88. The van der Waals surface area contributed by atoms with Crippen LogP contribution in [0.4, 0.5) is 0 Å². The van der Waals surface area contributed by atoms with Crippen LogP contribution in [0.1, 0.15) is 58.4 Å². The second kappa shape index (κ2) is 8.94. The lowest BCUT2D eigenvalue weighted by Crippen LogP contribution is -2.34. The molecule has 154 valence electrons. The van der Waals surface area contributed by atoms with Gasteiger partial charge in [-0.3, -0.25) is 9.59 Å². The van der Waals surface area contributed by atoms with Crippen LogP contribution in [0.25, 0.3) is 0 Å². The van der Waals surface area contributed by atoms with Crippen molar-refractivity contribution in [3.8, 4) is 0 Å². The molecule has 3 atom stereocenters. The Bertz CT molecular complexity index is 842. The lowest BCUT2D eigenvalue weighted by molar-refractivity contribution is -0.151. The van der Waals surface area contributed by atoms with Gasteiger partial charge in [-0.15, -0.1) is 0 Å². The molecule has 0 saturated carbocycles. The molecular formula is C26H32O3. The molecule has 29 heavy (non-hydrogen) atoms. The predicted molar refractivity (Wildman–Crippen MR) is 116 cm³/mol. The number of carbonyl (C=O) groups excluding carboxylic acids is 2. The van der Waals surface area contributed by atoms with Crippen molar-refractivity contribution in [2.24, 2.45) is 17.3 Å². The van der Waals surface area contributed by atoms with Crippen molar-refractivity contribution in [3.05, 3.63) is 71.3 Å². The smallest absolute Gasteiger partial charge is 0.317 e. The molecule has 0 bridgehead atoms. The van der Waals surface area contributed by atoms with Gasteiger partial charge in [-0.05, 0) is 55.7 Å². The summed E-state index contributed by atoms with van der Waals surface area (Å²) < 4.78 is 5.22. The molecule has 3 heteroatoms. The SMILES string of the molecule is CCOC(=O)C1C(=O)C=C(/C=C/C2C(C)=CCCC2(C)C)CC1c1ccccc1. The Hall–Kier alpha value is -2.42. The Labute approximate surface area is 174 Å². The van der Waals surface area contributed by atoms with Crippen molar-refractivity contribution in [2.75, 3.05) is 6.61 Å². The first-order valence-corrected chi connectivity index (χ1v) is 10.6. The van der Waals surface area contributed by atoms with Gasteiger partial charge in [-0.25, -0.2) is 0 Å². The number of hydrogen-bond acceptors (Lipinski definition) is 3. The molecule has 2 aliphatic carbocycles. The number of hydrogen-bond donors (Lipinski definition) is 0. The number of allylic oxidation sites excluding steroid dienone is 6. The number of carbonyl (C=O) groups is 2. The fourth-order valence-electron chi connectivity index (χ4n) is 4.74. The number of esters is 1. The van der Waals surface area contributed by atoms with Gasteiger partial charge >= 0.3 is 5.97 Å². The highest BCUT2D eigenvalue weighted by atomic mass is 16.5. The summed E-state index contributed by atoms with van der Waals surface area (Å²) in [5.74, 6) is -1.16. The van der Waals surface area contributed by atoms with Gasteiger partial charge in [0.15, 0.2) is 5.78 Å². The summed E-state index contributed by atoms with van der Waals surface area (Å²) in [6, 6.07) is 9.84. The van der Waals surface area contributed by atoms with Gasteiger partial charge in [0, 0.05) is 11.8 Å². The fourth-order valence-corrected chi connectivity index (χ4v) is 4.74. The van der Waals surface area contributed by atoms with Crippen LogP contribution in [-0.2, 0) is 14.3 Å². The third kappa shape index (κ3) is 4.77. The molecule has 0 spiro atoms. The van der Waals surface area contributed by atoms with E-state index in [1.54, 1.807) is 13.0 Å². The van der Waals surface area contributed by atoms with Crippen molar-refractivity contribution in [3.63, 3.8) is 0 Å². The second-order valence-corrected chi connectivity index (χ2v) is 8.88. The molecule has 1 aromatic carbocycles. The molecule has 0 N–H and O–H groups in total. The van der Waals surface area contributed by atoms with Gasteiger partial charge < -0.3 is 4.74 Å². The van der Waals surface area contributed by atoms with E-state index in [4.69, 9.17) is 4.74 Å². The molecular weight excluding hydrogens is 360 g/mol. The van der Waals surface area contributed by atoms with Crippen LogP contribution in [-0.4, -0.2) is 18.4 Å². The molecule has 0 aromatic heterocycles. The molecule has 3 unspecified atom stereocenters. The van der Waals surface area contributed by atoms with E-state index in [9.17, 15) is 9.59 Å². The van der Waals surface area contributed by atoms with E-state index in [-0.39, 0.29) is 23.7 Å².